The van der Waals surface area contributed by atoms with Crippen molar-refractivity contribution in [2.24, 2.45) is 5.92 Å². The zero-order chi connectivity index (χ0) is 18.0. The van der Waals surface area contributed by atoms with Gasteiger partial charge in [-0.15, -0.1) is 0 Å². The van der Waals surface area contributed by atoms with Gasteiger partial charge in [-0.2, -0.15) is 0 Å². The summed E-state index contributed by atoms with van der Waals surface area (Å²) >= 11 is 6.13. The van der Waals surface area contributed by atoms with Crippen molar-refractivity contribution in [3.63, 3.8) is 0 Å². The second-order valence-corrected chi connectivity index (χ2v) is 6.24. The fraction of sp³-hybridized carbons (Fsp3) is 0.211. The van der Waals surface area contributed by atoms with Gasteiger partial charge in [-0.1, -0.05) is 35.9 Å². The molecule has 0 aromatic heterocycles. The first-order chi connectivity index (χ1) is 12.0. The van der Waals surface area contributed by atoms with E-state index in [2.05, 4.69) is 0 Å². The van der Waals surface area contributed by atoms with Gasteiger partial charge in [-0.05, 0) is 31.2 Å². The van der Waals surface area contributed by atoms with Crippen LogP contribution in [0.2, 0.25) is 5.02 Å². The van der Waals surface area contributed by atoms with Gasteiger partial charge in [0.2, 0.25) is 5.91 Å². The number of rotatable bonds is 4. The molecule has 25 heavy (non-hydrogen) atoms. The molecule has 2 aromatic carbocycles. The molecular formula is C19H16ClNO4. The Labute approximate surface area is 150 Å². The van der Waals surface area contributed by atoms with Crippen LogP contribution in [0.5, 0.6) is 5.75 Å². The smallest absolute Gasteiger partial charge is 0.316 e. The zero-order valence-corrected chi connectivity index (χ0v) is 14.3. The number of esters is 1. The van der Waals surface area contributed by atoms with Gasteiger partial charge < -0.3 is 9.64 Å². The van der Waals surface area contributed by atoms with E-state index in [1.807, 2.05) is 0 Å². The summed E-state index contributed by atoms with van der Waals surface area (Å²) in [5.41, 5.74) is 0.914. The Morgan fingerprint density at radius 2 is 1.80 bits per heavy atom. The van der Waals surface area contributed by atoms with Crippen LogP contribution in [-0.4, -0.2) is 24.2 Å². The predicted molar refractivity (Wildman–Crippen MR) is 94.0 cm³/mol. The van der Waals surface area contributed by atoms with E-state index in [1.54, 1.807) is 48.5 Å². The quantitative estimate of drug-likeness (QED) is 0.477. The lowest BCUT2D eigenvalue weighted by molar-refractivity contribution is -0.139. The standard InChI is InChI=1S/C19H16ClNO4/c1-12(22)14-6-2-5-9-17(14)25-19(24)13-10-18(23)21(11-13)16-8-4-3-7-15(16)20/h2-9,13H,10-11H2,1H3/t13-/m0/s1. The molecule has 0 unspecified atom stereocenters. The van der Waals surface area contributed by atoms with Gasteiger partial charge in [-0.3, -0.25) is 14.4 Å². The van der Waals surface area contributed by atoms with Crippen molar-refractivity contribution >= 4 is 34.9 Å². The second-order valence-electron chi connectivity index (χ2n) is 5.83. The molecule has 128 valence electrons. The second kappa shape index (κ2) is 7.07. The van der Waals surface area contributed by atoms with Crippen LogP contribution < -0.4 is 9.64 Å². The number of ketones is 1. The zero-order valence-electron chi connectivity index (χ0n) is 13.6. The van der Waals surface area contributed by atoms with Crippen LogP contribution in [0.25, 0.3) is 0 Å². The number of hydrogen-bond donors (Lipinski definition) is 0. The number of benzene rings is 2. The average Bonchev–Trinajstić information content (AvgIpc) is 2.97. The Kier molecular flexibility index (Phi) is 4.86. The van der Waals surface area contributed by atoms with Crippen LogP contribution >= 0.6 is 11.6 Å². The van der Waals surface area contributed by atoms with Crippen LogP contribution in [0.15, 0.2) is 48.5 Å². The van der Waals surface area contributed by atoms with E-state index in [1.165, 1.54) is 11.8 Å². The van der Waals surface area contributed by atoms with Gasteiger partial charge in [-0.25, -0.2) is 0 Å². The molecule has 1 amide bonds. The lowest BCUT2D eigenvalue weighted by atomic mass is 10.1. The Balaban J connectivity index is 1.76. The minimum atomic E-state index is -0.608. The van der Waals surface area contributed by atoms with Crippen molar-refractivity contribution in [1.29, 1.82) is 0 Å². The first-order valence-corrected chi connectivity index (χ1v) is 8.21. The fourth-order valence-electron chi connectivity index (χ4n) is 2.81. The SMILES string of the molecule is CC(=O)c1ccccc1OC(=O)[C@H]1CC(=O)N(c2ccccc2Cl)C1. The molecule has 1 heterocycles. The van der Waals surface area contributed by atoms with Crippen LogP contribution in [0.1, 0.15) is 23.7 Å². The molecule has 0 bridgehead atoms. The lowest BCUT2D eigenvalue weighted by Gasteiger charge is -2.18. The summed E-state index contributed by atoms with van der Waals surface area (Å²) in [6.07, 6.45) is 0.0479. The summed E-state index contributed by atoms with van der Waals surface area (Å²) in [5, 5.41) is 0.451. The van der Waals surface area contributed by atoms with Gasteiger partial charge in [0, 0.05) is 13.0 Å². The third kappa shape index (κ3) is 3.56. The molecule has 0 N–H and O–H groups in total. The summed E-state index contributed by atoms with van der Waals surface area (Å²) in [7, 11) is 0. The normalized spacial score (nSPS) is 16.8. The van der Waals surface area contributed by atoms with Gasteiger partial charge in [0.15, 0.2) is 5.78 Å². The molecular weight excluding hydrogens is 342 g/mol. The molecule has 0 spiro atoms. The minimum Gasteiger partial charge on any atom is -0.425 e. The number of Topliss-reactive ketones (excluding diaryl/α,β-unsaturated/α-hetero) is 1. The van der Waals surface area contributed by atoms with Gasteiger partial charge in [0.05, 0.1) is 22.2 Å². The maximum atomic E-state index is 12.5. The van der Waals surface area contributed by atoms with E-state index in [0.29, 0.717) is 16.3 Å². The van der Waals surface area contributed by atoms with Crippen molar-refractivity contribution in [2.45, 2.75) is 13.3 Å². The van der Waals surface area contributed by atoms with Crippen molar-refractivity contribution in [3.8, 4) is 5.75 Å². The molecule has 3 rings (SSSR count). The Hall–Kier alpha value is -2.66. The maximum absolute atomic E-state index is 12.5. The van der Waals surface area contributed by atoms with Crippen molar-refractivity contribution in [2.75, 3.05) is 11.4 Å². The van der Waals surface area contributed by atoms with Crippen molar-refractivity contribution < 1.29 is 19.1 Å². The number of hydrogen-bond acceptors (Lipinski definition) is 4. The number of ether oxygens (including phenoxy) is 1. The predicted octanol–water partition coefficient (Wildman–Crippen LogP) is 3.50. The van der Waals surface area contributed by atoms with E-state index >= 15 is 0 Å². The van der Waals surface area contributed by atoms with Gasteiger partial charge in [0.1, 0.15) is 5.75 Å². The van der Waals surface area contributed by atoms with Crippen LogP contribution in [0, 0.1) is 5.92 Å². The highest BCUT2D eigenvalue weighted by atomic mass is 35.5. The fourth-order valence-corrected chi connectivity index (χ4v) is 3.04. The molecule has 1 aliphatic heterocycles. The van der Waals surface area contributed by atoms with Crippen molar-refractivity contribution in [3.05, 3.63) is 59.1 Å². The number of carbonyl (C=O) groups excluding carboxylic acids is 3. The topological polar surface area (TPSA) is 63.7 Å². The van der Waals surface area contributed by atoms with Gasteiger partial charge in [0.25, 0.3) is 0 Å². The molecule has 2 aromatic rings. The first-order valence-electron chi connectivity index (χ1n) is 7.84. The number of anilines is 1. The third-order valence-electron chi connectivity index (χ3n) is 4.08. The molecule has 1 fully saturated rings. The third-order valence-corrected chi connectivity index (χ3v) is 4.40. The Morgan fingerprint density at radius 1 is 1.12 bits per heavy atom. The summed E-state index contributed by atoms with van der Waals surface area (Å²) in [4.78, 5) is 37.8. The summed E-state index contributed by atoms with van der Waals surface area (Å²) in [5.74, 6) is -1.30. The summed E-state index contributed by atoms with van der Waals surface area (Å²) in [6.45, 7) is 1.61. The van der Waals surface area contributed by atoms with E-state index in [9.17, 15) is 14.4 Å². The number of halogens is 1. The lowest BCUT2D eigenvalue weighted by Crippen LogP contribution is -2.27. The molecule has 1 saturated heterocycles. The maximum Gasteiger partial charge on any atom is 0.316 e. The van der Waals surface area contributed by atoms with Crippen molar-refractivity contribution in [1.82, 2.24) is 0 Å². The molecule has 0 aliphatic carbocycles. The number of para-hydroxylation sites is 2. The average molecular weight is 358 g/mol. The van der Waals surface area contributed by atoms with E-state index < -0.39 is 11.9 Å². The summed E-state index contributed by atoms with van der Waals surface area (Å²) in [6, 6.07) is 13.5. The summed E-state index contributed by atoms with van der Waals surface area (Å²) < 4.78 is 5.38. The Morgan fingerprint density at radius 3 is 2.52 bits per heavy atom. The number of carbonyl (C=O) groups is 3. The number of nitrogens with zero attached hydrogens (tertiary/aromatic N) is 1. The largest absolute Gasteiger partial charge is 0.425 e. The molecule has 5 nitrogen and oxygen atoms in total. The molecule has 1 atom stereocenters. The molecule has 1 aliphatic rings. The molecule has 0 saturated carbocycles. The molecule has 0 radical (unpaired) electrons. The van der Waals surface area contributed by atoms with Crippen LogP contribution in [0.4, 0.5) is 5.69 Å². The van der Waals surface area contributed by atoms with E-state index in [0.717, 1.165) is 0 Å². The van der Waals surface area contributed by atoms with Gasteiger partial charge >= 0.3 is 5.97 Å². The van der Waals surface area contributed by atoms with E-state index in [-0.39, 0.29) is 30.4 Å². The first kappa shape index (κ1) is 17.2. The highest BCUT2D eigenvalue weighted by molar-refractivity contribution is 6.33. The number of amides is 1. The minimum absolute atomic E-state index is 0.0479. The van der Waals surface area contributed by atoms with Crippen LogP contribution in [0.3, 0.4) is 0 Å². The Bertz CT molecular complexity index is 849. The van der Waals surface area contributed by atoms with E-state index in [4.69, 9.17) is 16.3 Å². The monoisotopic (exact) mass is 357 g/mol. The highest BCUT2D eigenvalue weighted by Gasteiger charge is 2.37. The van der Waals surface area contributed by atoms with Crippen LogP contribution in [-0.2, 0) is 9.59 Å². The highest BCUT2D eigenvalue weighted by Crippen LogP contribution is 2.32. The molecule has 6 heteroatoms.